The Kier molecular flexibility index (Phi) is 4.45. The summed E-state index contributed by atoms with van der Waals surface area (Å²) in [6.45, 7) is 6.48. The summed E-state index contributed by atoms with van der Waals surface area (Å²) in [7, 11) is 2.86. The summed E-state index contributed by atoms with van der Waals surface area (Å²) >= 11 is 0. The van der Waals surface area contributed by atoms with Gasteiger partial charge < -0.3 is 14.5 Å². The van der Waals surface area contributed by atoms with Crippen LogP contribution in [0.15, 0.2) is 35.1 Å². The van der Waals surface area contributed by atoms with Crippen molar-refractivity contribution in [1.82, 2.24) is 9.97 Å². The van der Waals surface area contributed by atoms with Gasteiger partial charge in [-0.3, -0.25) is 4.79 Å². The molecule has 1 aromatic carbocycles. The maximum Gasteiger partial charge on any atom is 0.343 e. The number of aromatic nitrogens is 2. The highest BCUT2D eigenvalue weighted by atomic mass is 16.5. The first kappa shape index (κ1) is 19.2. The smallest absolute Gasteiger partial charge is 0.343 e. The normalized spacial score (nSPS) is 15.6. The van der Waals surface area contributed by atoms with Crippen molar-refractivity contribution in [3.8, 4) is 17.3 Å². The molecule has 2 aromatic heterocycles. The fourth-order valence-electron chi connectivity index (χ4n) is 4.22. The van der Waals surface area contributed by atoms with Crippen molar-refractivity contribution in [3.63, 3.8) is 0 Å². The average molecular weight is 392 g/mol. The Morgan fingerprint density at radius 3 is 2.48 bits per heavy atom. The number of ether oxygens (including phenoxy) is 2. The van der Waals surface area contributed by atoms with Crippen LogP contribution in [0.2, 0.25) is 0 Å². The van der Waals surface area contributed by atoms with Gasteiger partial charge in [-0.05, 0) is 46.4 Å². The largest absolute Gasteiger partial charge is 0.481 e. The molecule has 1 aliphatic rings. The van der Waals surface area contributed by atoms with E-state index in [0.29, 0.717) is 17.3 Å². The molecule has 29 heavy (non-hydrogen) atoms. The van der Waals surface area contributed by atoms with E-state index in [1.54, 1.807) is 13.2 Å². The molecule has 3 aromatic rings. The second kappa shape index (κ2) is 6.72. The number of esters is 1. The Balaban J connectivity index is 2.10. The van der Waals surface area contributed by atoms with Gasteiger partial charge in [0.25, 0.3) is 5.56 Å². The highest BCUT2D eigenvalue weighted by Crippen LogP contribution is 2.48. The van der Waals surface area contributed by atoms with E-state index in [0.717, 1.165) is 28.3 Å². The zero-order valence-electron chi connectivity index (χ0n) is 17.3. The highest BCUT2D eigenvalue weighted by Gasteiger charge is 2.36. The van der Waals surface area contributed by atoms with Crippen LogP contribution in [0.25, 0.3) is 22.2 Å². The Hall–Kier alpha value is -3.15. The third kappa shape index (κ3) is 2.99. The van der Waals surface area contributed by atoms with Gasteiger partial charge in [0.1, 0.15) is 5.56 Å². The maximum absolute atomic E-state index is 12.7. The van der Waals surface area contributed by atoms with Crippen molar-refractivity contribution < 1.29 is 14.3 Å². The van der Waals surface area contributed by atoms with Gasteiger partial charge in [0.15, 0.2) is 0 Å². The second-order valence-electron chi connectivity index (χ2n) is 8.45. The van der Waals surface area contributed by atoms with Crippen LogP contribution in [0, 0.1) is 5.41 Å². The Morgan fingerprint density at radius 2 is 1.86 bits per heavy atom. The van der Waals surface area contributed by atoms with E-state index in [1.165, 1.54) is 7.11 Å². The van der Waals surface area contributed by atoms with E-state index >= 15 is 0 Å². The predicted molar refractivity (Wildman–Crippen MR) is 112 cm³/mol. The molecule has 1 unspecified atom stereocenters. The number of fused-ring (bicyclic) bond motifs is 5. The molecular weight excluding hydrogens is 368 g/mol. The summed E-state index contributed by atoms with van der Waals surface area (Å²) in [6.07, 6.45) is 0.746. The van der Waals surface area contributed by atoms with Gasteiger partial charge in [0.05, 0.1) is 25.6 Å². The number of carbonyl (C=O) groups is 1. The molecule has 0 saturated carbocycles. The Morgan fingerprint density at radius 1 is 1.17 bits per heavy atom. The number of aromatic amines is 1. The predicted octanol–water partition coefficient (Wildman–Crippen LogP) is 4.07. The van der Waals surface area contributed by atoms with Crippen molar-refractivity contribution in [2.24, 2.45) is 5.41 Å². The number of nitrogens with one attached hydrogen (secondary N) is 1. The van der Waals surface area contributed by atoms with Crippen LogP contribution in [0.5, 0.6) is 5.88 Å². The standard InChI is InChI=1S/C23H24N2O4/c1-23(2,3)17-11-14-12-8-6-7-9-13(12)21(28-4)25-18(14)19-15(17)10-16(20(26)24-19)22(27)29-5/h6-10,17H,11H2,1-5H3,(H,24,26). The van der Waals surface area contributed by atoms with E-state index in [-0.39, 0.29) is 16.9 Å². The van der Waals surface area contributed by atoms with Gasteiger partial charge in [-0.1, -0.05) is 39.0 Å². The van der Waals surface area contributed by atoms with E-state index < -0.39 is 11.5 Å². The molecule has 0 spiro atoms. The number of benzene rings is 1. The molecule has 2 heterocycles. The number of methoxy groups -OCH3 is 2. The molecule has 0 fully saturated rings. The minimum absolute atomic E-state index is 0.0108. The Bertz CT molecular complexity index is 1190. The van der Waals surface area contributed by atoms with Crippen LogP contribution in [-0.2, 0) is 11.2 Å². The fourth-order valence-corrected chi connectivity index (χ4v) is 4.22. The third-order valence-electron chi connectivity index (χ3n) is 5.72. The van der Waals surface area contributed by atoms with Crippen LogP contribution >= 0.6 is 0 Å². The summed E-state index contributed by atoms with van der Waals surface area (Å²) in [4.78, 5) is 32.4. The maximum atomic E-state index is 12.7. The summed E-state index contributed by atoms with van der Waals surface area (Å²) in [5.41, 5.74) is 2.75. The van der Waals surface area contributed by atoms with Crippen molar-refractivity contribution in [1.29, 1.82) is 0 Å². The number of rotatable bonds is 2. The second-order valence-corrected chi connectivity index (χ2v) is 8.45. The zero-order chi connectivity index (χ0) is 20.9. The number of H-pyrrole nitrogens is 1. The molecule has 150 valence electrons. The van der Waals surface area contributed by atoms with Crippen molar-refractivity contribution >= 4 is 16.7 Å². The number of pyridine rings is 2. The number of carbonyl (C=O) groups excluding carboxylic acids is 1. The molecule has 0 amide bonds. The quantitative estimate of drug-likeness (QED) is 0.665. The molecule has 0 radical (unpaired) electrons. The summed E-state index contributed by atoms with van der Waals surface area (Å²) in [5.74, 6) is -0.0437. The lowest BCUT2D eigenvalue weighted by molar-refractivity contribution is 0.0598. The molecule has 0 saturated heterocycles. The van der Waals surface area contributed by atoms with Gasteiger partial charge in [-0.2, -0.15) is 0 Å². The van der Waals surface area contributed by atoms with Crippen LogP contribution in [-0.4, -0.2) is 30.2 Å². The first-order valence-corrected chi connectivity index (χ1v) is 9.57. The Labute approximate surface area is 168 Å². The van der Waals surface area contributed by atoms with Gasteiger partial charge in [0.2, 0.25) is 5.88 Å². The first-order valence-electron chi connectivity index (χ1n) is 9.57. The van der Waals surface area contributed by atoms with Gasteiger partial charge in [-0.25, -0.2) is 9.78 Å². The highest BCUT2D eigenvalue weighted by molar-refractivity contribution is 5.95. The lowest BCUT2D eigenvalue weighted by Crippen LogP contribution is -2.29. The number of hydrogen-bond donors (Lipinski definition) is 1. The SMILES string of the molecule is COC(=O)c1cc2c([nH]c1=O)-c1nc(OC)c3ccccc3c1CC2C(C)(C)C. The van der Waals surface area contributed by atoms with Gasteiger partial charge >= 0.3 is 5.97 Å². The minimum atomic E-state index is -0.642. The number of hydrogen-bond acceptors (Lipinski definition) is 5. The van der Waals surface area contributed by atoms with Crippen molar-refractivity contribution in [2.45, 2.75) is 33.1 Å². The minimum Gasteiger partial charge on any atom is -0.481 e. The van der Waals surface area contributed by atoms with E-state index in [4.69, 9.17) is 14.5 Å². The summed E-state index contributed by atoms with van der Waals surface area (Å²) in [5, 5.41) is 2.01. The van der Waals surface area contributed by atoms with E-state index in [2.05, 4.69) is 31.8 Å². The number of nitrogens with zero attached hydrogens (tertiary/aromatic N) is 1. The van der Waals surface area contributed by atoms with Crippen LogP contribution in [0.4, 0.5) is 0 Å². The van der Waals surface area contributed by atoms with Crippen molar-refractivity contribution in [2.75, 3.05) is 14.2 Å². The molecule has 6 nitrogen and oxygen atoms in total. The lowest BCUT2D eigenvalue weighted by atomic mass is 9.69. The average Bonchev–Trinajstić information content (AvgIpc) is 2.70. The summed E-state index contributed by atoms with van der Waals surface area (Å²) < 4.78 is 10.3. The van der Waals surface area contributed by atoms with Gasteiger partial charge in [-0.15, -0.1) is 0 Å². The molecule has 4 rings (SSSR count). The molecule has 6 heteroatoms. The topological polar surface area (TPSA) is 81.3 Å². The molecule has 1 N–H and O–H groups in total. The van der Waals surface area contributed by atoms with Crippen molar-refractivity contribution in [3.05, 3.63) is 57.4 Å². The van der Waals surface area contributed by atoms with E-state index in [1.807, 2.05) is 18.2 Å². The van der Waals surface area contributed by atoms with Gasteiger partial charge in [0, 0.05) is 5.39 Å². The lowest BCUT2D eigenvalue weighted by Gasteiger charge is -2.36. The molecule has 1 atom stereocenters. The third-order valence-corrected chi connectivity index (χ3v) is 5.72. The van der Waals surface area contributed by atoms with Crippen LogP contribution < -0.4 is 10.3 Å². The van der Waals surface area contributed by atoms with Crippen LogP contribution in [0.3, 0.4) is 0 Å². The molecule has 0 aliphatic heterocycles. The summed E-state index contributed by atoms with van der Waals surface area (Å²) in [6, 6.07) is 9.67. The molecule has 0 bridgehead atoms. The molecular formula is C23H24N2O4. The van der Waals surface area contributed by atoms with Crippen LogP contribution in [0.1, 0.15) is 48.2 Å². The fraction of sp³-hybridized carbons (Fsp3) is 0.348. The first-order chi connectivity index (χ1) is 13.8. The van der Waals surface area contributed by atoms with E-state index in [9.17, 15) is 9.59 Å². The molecule has 1 aliphatic carbocycles. The monoisotopic (exact) mass is 392 g/mol. The zero-order valence-corrected chi connectivity index (χ0v) is 17.3.